The minimum Gasteiger partial charge on any atom is -0.395 e. The van der Waals surface area contributed by atoms with Crippen LogP contribution < -0.4 is 5.32 Å². The van der Waals surface area contributed by atoms with E-state index in [-0.39, 0.29) is 18.4 Å². The number of hydrogen-bond acceptors (Lipinski definition) is 4. The molecule has 106 valence electrons. The van der Waals surface area contributed by atoms with Crippen molar-refractivity contribution in [2.24, 2.45) is 0 Å². The molecule has 1 aliphatic rings. The molecule has 1 aliphatic heterocycles. The summed E-state index contributed by atoms with van der Waals surface area (Å²) in [6, 6.07) is 1.28. The van der Waals surface area contributed by atoms with Gasteiger partial charge in [-0.15, -0.1) is 11.3 Å². The molecule has 2 heterocycles. The lowest BCUT2D eigenvalue weighted by Gasteiger charge is -2.11. The third-order valence-corrected chi connectivity index (χ3v) is 3.89. The Hall–Kier alpha value is -1.84. The predicted octanol–water partition coefficient (Wildman–Crippen LogP) is 0.442. The number of amides is 2. The fraction of sp³-hybridized carbons (Fsp3) is 0.429. The Morgan fingerprint density at radius 2 is 2.45 bits per heavy atom. The van der Waals surface area contributed by atoms with E-state index in [1.54, 1.807) is 23.4 Å². The van der Waals surface area contributed by atoms with Crippen LogP contribution in [0.5, 0.6) is 0 Å². The lowest BCUT2D eigenvalue weighted by atomic mass is 10.2. The van der Waals surface area contributed by atoms with Gasteiger partial charge in [0.15, 0.2) is 0 Å². The van der Waals surface area contributed by atoms with Gasteiger partial charge in [0, 0.05) is 25.4 Å². The number of likely N-dealkylation sites (tertiary alicyclic amines) is 1. The molecule has 1 unspecified atom stereocenters. The zero-order chi connectivity index (χ0) is 14.5. The summed E-state index contributed by atoms with van der Waals surface area (Å²) in [7, 11) is 1.73. The van der Waals surface area contributed by atoms with Gasteiger partial charge in [-0.1, -0.05) is 11.8 Å². The van der Waals surface area contributed by atoms with Crippen molar-refractivity contribution >= 4 is 23.2 Å². The van der Waals surface area contributed by atoms with Crippen LogP contribution in [-0.2, 0) is 4.79 Å². The Bertz CT molecular complexity index is 570. The molecule has 0 bridgehead atoms. The SMILES string of the molecule is CN1CCC(NC(=O)c2csc(C#CCCO)c2)C1=O. The van der Waals surface area contributed by atoms with Crippen molar-refractivity contribution in [3.8, 4) is 11.8 Å². The van der Waals surface area contributed by atoms with E-state index in [1.807, 2.05) is 0 Å². The van der Waals surface area contributed by atoms with E-state index < -0.39 is 6.04 Å². The highest BCUT2D eigenvalue weighted by atomic mass is 32.1. The first kappa shape index (κ1) is 14.6. The lowest BCUT2D eigenvalue weighted by Crippen LogP contribution is -2.40. The molecule has 1 aromatic heterocycles. The zero-order valence-electron chi connectivity index (χ0n) is 11.2. The van der Waals surface area contributed by atoms with Gasteiger partial charge in [-0.05, 0) is 12.5 Å². The Kier molecular flexibility index (Phi) is 4.77. The first-order chi connectivity index (χ1) is 9.61. The molecule has 20 heavy (non-hydrogen) atoms. The minimum atomic E-state index is -0.420. The molecule has 0 saturated carbocycles. The second-order valence-electron chi connectivity index (χ2n) is 4.55. The van der Waals surface area contributed by atoms with Crippen LogP contribution in [0.1, 0.15) is 28.1 Å². The van der Waals surface area contributed by atoms with Gasteiger partial charge in [-0.25, -0.2) is 0 Å². The van der Waals surface area contributed by atoms with Crippen molar-refractivity contribution in [1.29, 1.82) is 0 Å². The number of thiophene rings is 1. The van der Waals surface area contributed by atoms with E-state index in [2.05, 4.69) is 17.2 Å². The van der Waals surface area contributed by atoms with E-state index in [4.69, 9.17) is 5.11 Å². The number of nitrogens with one attached hydrogen (secondary N) is 1. The molecule has 1 atom stereocenters. The van der Waals surface area contributed by atoms with Gasteiger partial charge >= 0.3 is 0 Å². The van der Waals surface area contributed by atoms with Gasteiger partial charge in [0.2, 0.25) is 5.91 Å². The highest BCUT2D eigenvalue weighted by Crippen LogP contribution is 2.15. The molecule has 2 N–H and O–H groups in total. The molecule has 0 spiro atoms. The normalized spacial score (nSPS) is 17.8. The van der Waals surface area contributed by atoms with Crippen molar-refractivity contribution in [3.05, 3.63) is 21.9 Å². The molecule has 1 aromatic rings. The molecule has 2 rings (SSSR count). The van der Waals surface area contributed by atoms with Crippen LogP contribution in [0, 0.1) is 11.8 Å². The summed E-state index contributed by atoms with van der Waals surface area (Å²) in [5, 5.41) is 13.1. The zero-order valence-corrected chi connectivity index (χ0v) is 12.0. The summed E-state index contributed by atoms with van der Waals surface area (Å²) >= 11 is 1.38. The van der Waals surface area contributed by atoms with Crippen molar-refractivity contribution in [1.82, 2.24) is 10.2 Å². The van der Waals surface area contributed by atoms with Gasteiger partial charge in [-0.2, -0.15) is 0 Å². The van der Waals surface area contributed by atoms with Crippen LogP contribution in [0.15, 0.2) is 11.4 Å². The van der Waals surface area contributed by atoms with Crippen molar-refractivity contribution in [2.75, 3.05) is 20.2 Å². The first-order valence-electron chi connectivity index (χ1n) is 6.36. The summed E-state index contributed by atoms with van der Waals surface area (Å²) in [5.74, 6) is 5.40. The standard InChI is InChI=1S/C14H16N2O3S/c1-16-6-5-12(14(16)19)15-13(18)10-8-11(20-9-10)4-2-3-7-17/h8-9,12,17H,3,5-7H2,1H3,(H,15,18). The summed E-state index contributed by atoms with van der Waals surface area (Å²) < 4.78 is 0. The van der Waals surface area contributed by atoms with Gasteiger partial charge in [0.1, 0.15) is 6.04 Å². The second kappa shape index (κ2) is 6.55. The molecule has 6 heteroatoms. The molecule has 0 aliphatic carbocycles. The van der Waals surface area contributed by atoms with Gasteiger partial charge in [0.05, 0.1) is 17.0 Å². The molecule has 1 saturated heterocycles. The quantitative estimate of drug-likeness (QED) is 0.794. The number of aliphatic hydroxyl groups excluding tert-OH is 1. The van der Waals surface area contributed by atoms with E-state index in [1.165, 1.54) is 11.3 Å². The summed E-state index contributed by atoms with van der Waals surface area (Å²) in [6.45, 7) is 0.703. The Labute approximate surface area is 121 Å². The van der Waals surface area contributed by atoms with Crippen LogP contribution in [0.4, 0.5) is 0 Å². The van der Waals surface area contributed by atoms with Gasteiger partial charge < -0.3 is 15.3 Å². The largest absolute Gasteiger partial charge is 0.395 e. The maximum Gasteiger partial charge on any atom is 0.252 e. The second-order valence-corrected chi connectivity index (χ2v) is 5.46. The number of carbonyl (C=O) groups excluding carboxylic acids is 2. The van der Waals surface area contributed by atoms with Crippen LogP contribution in [0.25, 0.3) is 0 Å². The molecule has 0 aromatic carbocycles. The Morgan fingerprint density at radius 3 is 3.10 bits per heavy atom. The maximum atomic E-state index is 12.0. The molecular formula is C14H16N2O3S. The first-order valence-corrected chi connectivity index (χ1v) is 7.24. The number of rotatable bonds is 3. The fourth-order valence-corrected chi connectivity index (χ4v) is 2.68. The van der Waals surface area contributed by atoms with Crippen LogP contribution >= 0.6 is 11.3 Å². The van der Waals surface area contributed by atoms with Crippen molar-refractivity contribution in [3.63, 3.8) is 0 Å². The highest BCUT2D eigenvalue weighted by Gasteiger charge is 2.30. The van der Waals surface area contributed by atoms with E-state index in [9.17, 15) is 9.59 Å². The third-order valence-electron chi connectivity index (χ3n) is 3.04. The van der Waals surface area contributed by atoms with Gasteiger partial charge in [0.25, 0.3) is 5.91 Å². The predicted molar refractivity (Wildman–Crippen MR) is 76.4 cm³/mol. The Morgan fingerprint density at radius 1 is 1.65 bits per heavy atom. The lowest BCUT2D eigenvalue weighted by molar-refractivity contribution is -0.128. The molecule has 5 nitrogen and oxygen atoms in total. The summed E-state index contributed by atoms with van der Waals surface area (Å²) in [4.78, 5) is 26.1. The van der Waals surface area contributed by atoms with Gasteiger partial charge in [-0.3, -0.25) is 9.59 Å². The molecular weight excluding hydrogens is 276 g/mol. The minimum absolute atomic E-state index is 0.0308. The van der Waals surface area contributed by atoms with Crippen molar-refractivity contribution in [2.45, 2.75) is 18.9 Å². The monoisotopic (exact) mass is 292 g/mol. The molecule has 0 radical (unpaired) electrons. The van der Waals surface area contributed by atoms with E-state index in [0.717, 1.165) is 4.88 Å². The van der Waals surface area contributed by atoms with Crippen LogP contribution in [0.3, 0.4) is 0 Å². The topological polar surface area (TPSA) is 69.6 Å². The molecule has 1 fully saturated rings. The number of carbonyl (C=O) groups is 2. The van der Waals surface area contributed by atoms with Crippen LogP contribution in [-0.4, -0.2) is 48.1 Å². The Balaban J connectivity index is 1.97. The smallest absolute Gasteiger partial charge is 0.252 e. The number of nitrogens with zero attached hydrogens (tertiary/aromatic N) is 1. The van der Waals surface area contributed by atoms with Crippen molar-refractivity contribution < 1.29 is 14.7 Å². The number of likely N-dealkylation sites (N-methyl/N-ethyl adjacent to an activating group) is 1. The van der Waals surface area contributed by atoms with E-state index >= 15 is 0 Å². The number of hydrogen-bond donors (Lipinski definition) is 2. The van der Waals surface area contributed by atoms with Crippen LogP contribution in [0.2, 0.25) is 0 Å². The summed E-state index contributed by atoms with van der Waals surface area (Å²) in [5.41, 5.74) is 0.519. The fourth-order valence-electron chi connectivity index (χ4n) is 1.92. The molecule has 2 amide bonds. The van der Waals surface area contributed by atoms with E-state index in [0.29, 0.717) is 24.9 Å². The maximum absolute atomic E-state index is 12.0. The highest BCUT2D eigenvalue weighted by molar-refractivity contribution is 7.10. The third kappa shape index (κ3) is 3.38. The average molecular weight is 292 g/mol. The summed E-state index contributed by atoms with van der Waals surface area (Å²) in [6.07, 6.45) is 1.07. The average Bonchev–Trinajstić information content (AvgIpc) is 3.01. The number of aliphatic hydroxyl groups is 1.